The lowest BCUT2D eigenvalue weighted by atomic mass is 10.4. The van der Waals surface area contributed by atoms with Crippen LogP contribution in [-0.2, 0) is 6.18 Å². The highest BCUT2D eigenvalue weighted by atomic mass is 19.4. The summed E-state index contributed by atoms with van der Waals surface area (Å²) >= 11 is 0. The van der Waals surface area contributed by atoms with Crippen LogP contribution in [0.2, 0.25) is 0 Å². The van der Waals surface area contributed by atoms with Crippen LogP contribution in [0.15, 0.2) is 12.3 Å². The average molecular weight is 248 g/mol. The van der Waals surface area contributed by atoms with Crippen LogP contribution < -0.4 is 10.2 Å². The van der Waals surface area contributed by atoms with Crippen molar-refractivity contribution >= 4 is 5.95 Å². The highest BCUT2D eigenvalue weighted by Crippen LogP contribution is 2.27. The zero-order valence-corrected chi connectivity index (χ0v) is 9.75. The molecule has 0 radical (unpaired) electrons. The lowest BCUT2D eigenvalue weighted by molar-refractivity contribution is -0.141. The van der Waals surface area contributed by atoms with E-state index in [1.165, 1.54) is 0 Å². The fourth-order valence-corrected chi connectivity index (χ4v) is 1.21. The van der Waals surface area contributed by atoms with E-state index in [0.717, 1.165) is 18.8 Å². The molecule has 17 heavy (non-hydrogen) atoms. The van der Waals surface area contributed by atoms with Crippen LogP contribution in [0.1, 0.15) is 12.6 Å². The van der Waals surface area contributed by atoms with Gasteiger partial charge in [-0.15, -0.1) is 0 Å². The summed E-state index contributed by atoms with van der Waals surface area (Å²) in [6, 6.07) is 0.863. The molecule has 96 valence electrons. The Balaban J connectivity index is 2.71. The summed E-state index contributed by atoms with van der Waals surface area (Å²) in [6.07, 6.45) is -3.31. The molecule has 1 heterocycles. The maximum Gasteiger partial charge on any atom is 0.433 e. The predicted octanol–water partition coefficient (Wildman–Crippen LogP) is 1.54. The van der Waals surface area contributed by atoms with Gasteiger partial charge in [-0.1, -0.05) is 6.92 Å². The van der Waals surface area contributed by atoms with E-state index < -0.39 is 11.9 Å². The number of likely N-dealkylation sites (N-methyl/N-ethyl adjacent to an activating group) is 2. The predicted molar refractivity (Wildman–Crippen MR) is 58.8 cm³/mol. The van der Waals surface area contributed by atoms with E-state index in [1.54, 1.807) is 11.9 Å². The number of anilines is 1. The van der Waals surface area contributed by atoms with Gasteiger partial charge in [0.25, 0.3) is 0 Å². The first-order valence-electron chi connectivity index (χ1n) is 5.27. The minimum absolute atomic E-state index is 0.0812. The van der Waals surface area contributed by atoms with Crippen molar-refractivity contribution in [3.63, 3.8) is 0 Å². The van der Waals surface area contributed by atoms with Crippen LogP contribution in [0.25, 0.3) is 0 Å². The molecule has 1 N–H and O–H groups in total. The Morgan fingerprint density at radius 1 is 1.41 bits per heavy atom. The van der Waals surface area contributed by atoms with Crippen molar-refractivity contribution < 1.29 is 13.2 Å². The third-order valence-electron chi connectivity index (χ3n) is 2.15. The van der Waals surface area contributed by atoms with E-state index in [-0.39, 0.29) is 5.95 Å². The van der Waals surface area contributed by atoms with E-state index in [9.17, 15) is 13.2 Å². The third-order valence-corrected chi connectivity index (χ3v) is 2.15. The van der Waals surface area contributed by atoms with Gasteiger partial charge in [0.05, 0.1) is 0 Å². The molecule has 0 amide bonds. The van der Waals surface area contributed by atoms with Gasteiger partial charge in [-0.05, 0) is 12.6 Å². The lowest BCUT2D eigenvalue weighted by Crippen LogP contribution is -2.30. The van der Waals surface area contributed by atoms with Gasteiger partial charge in [-0.3, -0.25) is 0 Å². The Morgan fingerprint density at radius 2 is 2.12 bits per heavy atom. The average Bonchev–Trinajstić information content (AvgIpc) is 2.28. The minimum Gasteiger partial charge on any atom is -0.343 e. The van der Waals surface area contributed by atoms with Crippen molar-refractivity contribution in [2.45, 2.75) is 13.1 Å². The van der Waals surface area contributed by atoms with Crippen LogP contribution in [0.4, 0.5) is 19.1 Å². The SMILES string of the molecule is CCNCCN(C)c1nccc(C(F)(F)F)n1. The molecule has 0 aliphatic heterocycles. The van der Waals surface area contributed by atoms with Crippen molar-refractivity contribution in [1.29, 1.82) is 0 Å². The second-order valence-corrected chi connectivity index (χ2v) is 3.51. The summed E-state index contributed by atoms with van der Waals surface area (Å²) in [4.78, 5) is 8.88. The fourth-order valence-electron chi connectivity index (χ4n) is 1.21. The molecule has 1 aromatic heterocycles. The fraction of sp³-hybridized carbons (Fsp3) is 0.600. The third kappa shape index (κ3) is 4.18. The molecule has 0 aromatic carbocycles. The number of hydrogen-bond donors (Lipinski definition) is 1. The van der Waals surface area contributed by atoms with Crippen LogP contribution in [0, 0.1) is 0 Å². The van der Waals surface area contributed by atoms with Gasteiger partial charge < -0.3 is 10.2 Å². The van der Waals surface area contributed by atoms with E-state index >= 15 is 0 Å². The standard InChI is InChI=1S/C10H15F3N4/c1-3-14-6-7-17(2)9-15-5-4-8(16-9)10(11,12)13/h4-5,14H,3,6-7H2,1-2H3. The maximum absolute atomic E-state index is 12.4. The quantitative estimate of drug-likeness (QED) is 0.802. The number of halogens is 3. The zero-order chi connectivity index (χ0) is 12.9. The molecule has 1 aromatic rings. The van der Waals surface area contributed by atoms with Gasteiger partial charge in [0.2, 0.25) is 5.95 Å². The van der Waals surface area contributed by atoms with Crippen LogP contribution in [0.3, 0.4) is 0 Å². The summed E-state index contributed by atoms with van der Waals surface area (Å²) in [5, 5.41) is 3.07. The summed E-state index contributed by atoms with van der Waals surface area (Å²) < 4.78 is 37.3. The van der Waals surface area contributed by atoms with Crippen LogP contribution in [0.5, 0.6) is 0 Å². The molecule has 1 rings (SSSR count). The van der Waals surface area contributed by atoms with E-state index in [2.05, 4.69) is 15.3 Å². The second-order valence-electron chi connectivity index (χ2n) is 3.51. The molecular formula is C10H15F3N4. The summed E-state index contributed by atoms with van der Waals surface area (Å²) in [6.45, 7) is 4.00. The molecule has 0 spiro atoms. The molecule has 0 saturated heterocycles. The van der Waals surface area contributed by atoms with E-state index in [0.29, 0.717) is 13.1 Å². The monoisotopic (exact) mass is 248 g/mol. The Hall–Kier alpha value is -1.37. The van der Waals surface area contributed by atoms with Gasteiger partial charge in [-0.25, -0.2) is 9.97 Å². The number of nitrogens with zero attached hydrogens (tertiary/aromatic N) is 3. The molecular weight excluding hydrogens is 233 g/mol. The van der Waals surface area contributed by atoms with Gasteiger partial charge in [-0.2, -0.15) is 13.2 Å². The van der Waals surface area contributed by atoms with Gasteiger partial charge in [0.15, 0.2) is 0 Å². The topological polar surface area (TPSA) is 41.0 Å². The largest absolute Gasteiger partial charge is 0.433 e. The molecule has 0 aliphatic rings. The van der Waals surface area contributed by atoms with E-state index in [4.69, 9.17) is 0 Å². The molecule has 0 unspecified atom stereocenters. The number of alkyl halides is 3. The minimum atomic E-state index is -4.43. The Morgan fingerprint density at radius 3 is 2.71 bits per heavy atom. The van der Waals surface area contributed by atoms with Crippen molar-refractivity contribution in [1.82, 2.24) is 15.3 Å². The highest BCUT2D eigenvalue weighted by molar-refractivity contribution is 5.29. The summed E-state index contributed by atoms with van der Waals surface area (Å²) in [5.74, 6) is 0.0812. The smallest absolute Gasteiger partial charge is 0.343 e. The molecule has 0 fully saturated rings. The van der Waals surface area contributed by atoms with Crippen LogP contribution >= 0.6 is 0 Å². The Kier molecular flexibility index (Phi) is 4.68. The molecule has 0 saturated carbocycles. The normalized spacial score (nSPS) is 11.6. The first kappa shape index (κ1) is 13.7. The van der Waals surface area contributed by atoms with Crippen molar-refractivity contribution in [3.8, 4) is 0 Å². The van der Waals surface area contributed by atoms with Crippen molar-refractivity contribution in [3.05, 3.63) is 18.0 Å². The number of hydrogen-bond acceptors (Lipinski definition) is 4. The van der Waals surface area contributed by atoms with Gasteiger partial charge in [0.1, 0.15) is 5.69 Å². The van der Waals surface area contributed by atoms with Gasteiger partial charge in [0, 0.05) is 26.3 Å². The second kappa shape index (κ2) is 5.81. The van der Waals surface area contributed by atoms with Crippen molar-refractivity contribution in [2.75, 3.05) is 31.6 Å². The molecule has 0 atom stereocenters. The molecule has 4 nitrogen and oxygen atoms in total. The first-order chi connectivity index (χ1) is 7.95. The van der Waals surface area contributed by atoms with Crippen molar-refractivity contribution in [2.24, 2.45) is 0 Å². The number of nitrogens with one attached hydrogen (secondary N) is 1. The summed E-state index contributed by atoms with van der Waals surface area (Å²) in [7, 11) is 1.66. The molecule has 0 aliphatic carbocycles. The summed E-state index contributed by atoms with van der Waals surface area (Å²) in [5.41, 5.74) is -0.919. The lowest BCUT2D eigenvalue weighted by Gasteiger charge is -2.17. The van der Waals surface area contributed by atoms with E-state index in [1.807, 2.05) is 6.92 Å². The van der Waals surface area contributed by atoms with Gasteiger partial charge >= 0.3 is 6.18 Å². The first-order valence-corrected chi connectivity index (χ1v) is 5.27. The molecule has 7 heteroatoms. The molecule has 0 bridgehead atoms. The van der Waals surface area contributed by atoms with Crippen LogP contribution in [-0.4, -0.2) is 36.6 Å². The highest BCUT2D eigenvalue weighted by Gasteiger charge is 2.33. The Bertz CT molecular complexity index is 354. The zero-order valence-electron chi connectivity index (χ0n) is 9.75. The number of rotatable bonds is 5. The number of aromatic nitrogens is 2. The maximum atomic E-state index is 12.4. The Labute approximate surface area is 97.9 Å².